The molecule has 146 valence electrons. The van der Waals surface area contributed by atoms with E-state index in [2.05, 4.69) is 31.7 Å². The summed E-state index contributed by atoms with van der Waals surface area (Å²) in [6, 6.07) is 11.2. The topological polar surface area (TPSA) is 82.7 Å². The summed E-state index contributed by atoms with van der Waals surface area (Å²) in [5, 5.41) is 6.77. The first-order valence-electron chi connectivity index (χ1n) is 8.97. The van der Waals surface area contributed by atoms with Crippen LogP contribution in [-0.2, 0) is 6.42 Å². The number of carbonyl (C=O) groups is 1. The molecular formula is C21H17F2N5O. The van der Waals surface area contributed by atoms with E-state index in [1.165, 1.54) is 29.4 Å². The first-order valence-corrected chi connectivity index (χ1v) is 8.97. The zero-order valence-electron chi connectivity index (χ0n) is 15.2. The van der Waals surface area contributed by atoms with E-state index in [-0.39, 0.29) is 11.3 Å². The number of benzene rings is 2. The van der Waals surface area contributed by atoms with Gasteiger partial charge in [-0.05, 0) is 30.2 Å². The number of halogens is 2. The minimum Gasteiger partial charge on any atom is -0.361 e. The lowest BCUT2D eigenvalue weighted by Crippen LogP contribution is -2.14. The zero-order chi connectivity index (χ0) is 20.2. The summed E-state index contributed by atoms with van der Waals surface area (Å²) < 4.78 is 26.2. The second-order valence-electron chi connectivity index (χ2n) is 6.41. The third-order valence-corrected chi connectivity index (χ3v) is 4.44. The standard InChI is InChI=1S/C21H17F2N5O/c22-17-6-5-15(9-18(17)23)28-20(29)14-11-26-21(27-12-14)24-8-7-13-10-25-19-4-2-1-3-16(13)19/h1-6,9-12,25H,7-8H2,(H,28,29)(H,24,26,27). The Bertz CT molecular complexity index is 1160. The van der Waals surface area contributed by atoms with Crippen molar-refractivity contribution in [3.05, 3.63) is 83.8 Å². The molecular weight excluding hydrogens is 376 g/mol. The van der Waals surface area contributed by atoms with Crippen molar-refractivity contribution in [3.8, 4) is 0 Å². The van der Waals surface area contributed by atoms with Crippen molar-refractivity contribution in [3.63, 3.8) is 0 Å². The Morgan fingerprint density at radius 3 is 2.62 bits per heavy atom. The fraction of sp³-hybridized carbons (Fsp3) is 0.0952. The van der Waals surface area contributed by atoms with Crippen molar-refractivity contribution in [2.45, 2.75) is 6.42 Å². The number of anilines is 2. The number of para-hydroxylation sites is 1. The Morgan fingerprint density at radius 1 is 1.03 bits per heavy atom. The van der Waals surface area contributed by atoms with Gasteiger partial charge >= 0.3 is 0 Å². The molecule has 0 saturated carbocycles. The van der Waals surface area contributed by atoms with E-state index in [4.69, 9.17) is 0 Å². The van der Waals surface area contributed by atoms with Crippen LogP contribution < -0.4 is 10.6 Å². The molecule has 0 fully saturated rings. The van der Waals surface area contributed by atoms with Gasteiger partial charge in [-0.3, -0.25) is 4.79 Å². The average Bonchev–Trinajstić information content (AvgIpc) is 3.14. The summed E-state index contributed by atoms with van der Waals surface area (Å²) in [6.07, 6.45) is 5.51. The van der Waals surface area contributed by atoms with E-state index in [1.807, 2.05) is 24.4 Å². The van der Waals surface area contributed by atoms with Gasteiger partial charge in [0, 0.05) is 47.8 Å². The van der Waals surface area contributed by atoms with Gasteiger partial charge < -0.3 is 15.6 Å². The lowest BCUT2D eigenvalue weighted by molar-refractivity contribution is 0.102. The van der Waals surface area contributed by atoms with Crippen molar-refractivity contribution < 1.29 is 13.6 Å². The second-order valence-corrected chi connectivity index (χ2v) is 6.41. The van der Waals surface area contributed by atoms with Crippen LogP contribution in [0.25, 0.3) is 10.9 Å². The quantitative estimate of drug-likeness (QED) is 0.460. The van der Waals surface area contributed by atoms with Crippen molar-refractivity contribution in [1.82, 2.24) is 15.0 Å². The maximum Gasteiger partial charge on any atom is 0.258 e. The van der Waals surface area contributed by atoms with E-state index in [0.29, 0.717) is 12.5 Å². The minimum atomic E-state index is -1.03. The predicted molar refractivity (Wildman–Crippen MR) is 107 cm³/mol. The van der Waals surface area contributed by atoms with E-state index in [9.17, 15) is 13.6 Å². The Morgan fingerprint density at radius 2 is 1.83 bits per heavy atom. The number of nitrogens with one attached hydrogen (secondary N) is 3. The number of H-pyrrole nitrogens is 1. The van der Waals surface area contributed by atoms with Gasteiger partial charge in [-0.25, -0.2) is 18.7 Å². The molecule has 4 aromatic rings. The lowest BCUT2D eigenvalue weighted by atomic mass is 10.1. The third kappa shape index (κ3) is 4.21. The van der Waals surface area contributed by atoms with Crippen LogP contribution in [0.15, 0.2) is 61.1 Å². The number of hydrogen-bond acceptors (Lipinski definition) is 4. The molecule has 29 heavy (non-hydrogen) atoms. The summed E-state index contributed by atoms with van der Waals surface area (Å²) >= 11 is 0. The number of carbonyl (C=O) groups excluding carboxylic acids is 1. The van der Waals surface area contributed by atoms with E-state index < -0.39 is 17.5 Å². The van der Waals surface area contributed by atoms with Gasteiger partial charge in [0.1, 0.15) is 0 Å². The molecule has 0 radical (unpaired) electrons. The SMILES string of the molecule is O=C(Nc1ccc(F)c(F)c1)c1cnc(NCCc2c[nH]c3ccccc23)nc1. The molecule has 0 spiro atoms. The molecule has 2 heterocycles. The number of aromatic amines is 1. The van der Waals surface area contributed by atoms with Crippen LogP contribution in [0.1, 0.15) is 15.9 Å². The highest BCUT2D eigenvalue weighted by Crippen LogP contribution is 2.18. The van der Waals surface area contributed by atoms with Crippen molar-refractivity contribution in [2.75, 3.05) is 17.2 Å². The molecule has 4 rings (SSSR count). The third-order valence-electron chi connectivity index (χ3n) is 4.44. The Labute approximate surface area is 165 Å². The molecule has 0 bridgehead atoms. The smallest absolute Gasteiger partial charge is 0.258 e. The fourth-order valence-corrected chi connectivity index (χ4v) is 2.96. The summed E-state index contributed by atoms with van der Waals surface area (Å²) in [5.74, 6) is -2.13. The second kappa shape index (κ2) is 8.05. The van der Waals surface area contributed by atoms with E-state index >= 15 is 0 Å². The van der Waals surface area contributed by atoms with Gasteiger partial charge in [-0.2, -0.15) is 0 Å². The zero-order valence-corrected chi connectivity index (χ0v) is 15.2. The van der Waals surface area contributed by atoms with E-state index in [1.54, 1.807) is 0 Å². The van der Waals surface area contributed by atoms with Crippen LogP contribution in [0.4, 0.5) is 20.4 Å². The number of rotatable bonds is 6. The number of nitrogens with zero attached hydrogens (tertiary/aromatic N) is 2. The summed E-state index contributed by atoms with van der Waals surface area (Å²) in [6.45, 7) is 0.627. The average molecular weight is 393 g/mol. The highest BCUT2D eigenvalue weighted by molar-refractivity contribution is 6.03. The number of fused-ring (bicyclic) bond motifs is 1. The normalized spacial score (nSPS) is 10.8. The maximum absolute atomic E-state index is 13.2. The molecule has 3 N–H and O–H groups in total. The Hall–Kier alpha value is -3.81. The number of amides is 1. The molecule has 0 atom stereocenters. The first kappa shape index (κ1) is 18.5. The lowest BCUT2D eigenvalue weighted by Gasteiger charge is -2.07. The van der Waals surface area contributed by atoms with Crippen molar-refractivity contribution in [1.29, 1.82) is 0 Å². The molecule has 0 aliphatic rings. The molecule has 0 aliphatic carbocycles. The summed E-state index contributed by atoms with van der Waals surface area (Å²) in [4.78, 5) is 23.7. The molecule has 6 nitrogen and oxygen atoms in total. The first-order chi connectivity index (χ1) is 14.1. The van der Waals surface area contributed by atoms with Gasteiger partial charge in [0.05, 0.1) is 5.56 Å². The Kier molecular flexibility index (Phi) is 5.15. The van der Waals surface area contributed by atoms with Crippen molar-refractivity contribution >= 4 is 28.4 Å². The highest BCUT2D eigenvalue weighted by atomic mass is 19.2. The highest BCUT2D eigenvalue weighted by Gasteiger charge is 2.10. The van der Waals surface area contributed by atoms with Gasteiger partial charge in [-0.15, -0.1) is 0 Å². The predicted octanol–water partition coefficient (Wildman–Crippen LogP) is 4.14. The van der Waals surface area contributed by atoms with Crippen LogP contribution in [0.3, 0.4) is 0 Å². The van der Waals surface area contributed by atoms with Crippen LogP contribution in [-0.4, -0.2) is 27.4 Å². The fourth-order valence-electron chi connectivity index (χ4n) is 2.96. The monoisotopic (exact) mass is 393 g/mol. The van der Waals surface area contributed by atoms with Crippen LogP contribution in [0.2, 0.25) is 0 Å². The van der Waals surface area contributed by atoms with Crippen LogP contribution in [0, 0.1) is 11.6 Å². The van der Waals surface area contributed by atoms with Gasteiger partial charge in [0.2, 0.25) is 5.95 Å². The molecule has 0 saturated heterocycles. The van der Waals surface area contributed by atoms with Gasteiger partial charge in [-0.1, -0.05) is 18.2 Å². The molecule has 0 aliphatic heterocycles. The molecule has 2 aromatic carbocycles. The number of aromatic nitrogens is 3. The van der Waals surface area contributed by atoms with Crippen molar-refractivity contribution in [2.24, 2.45) is 0 Å². The molecule has 8 heteroatoms. The van der Waals surface area contributed by atoms with Crippen LogP contribution in [0.5, 0.6) is 0 Å². The Balaban J connectivity index is 1.33. The molecule has 0 unspecified atom stereocenters. The number of hydrogen-bond donors (Lipinski definition) is 3. The molecule has 2 aromatic heterocycles. The minimum absolute atomic E-state index is 0.148. The summed E-state index contributed by atoms with van der Waals surface area (Å²) in [5.41, 5.74) is 2.64. The van der Waals surface area contributed by atoms with Gasteiger partial charge in [0.25, 0.3) is 5.91 Å². The van der Waals surface area contributed by atoms with E-state index in [0.717, 1.165) is 24.1 Å². The summed E-state index contributed by atoms with van der Waals surface area (Å²) in [7, 11) is 0. The van der Waals surface area contributed by atoms with Gasteiger partial charge in [0.15, 0.2) is 11.6 Å². The largest absolute Gasteiger partial charge is 0.361 e. The molecule has 1 amide bonds. The van der Waals surface area contributed by atoms with Crippen LogP contribution >= 0.6 is 0 Å². The maximum atomic E-state index is 13.2.